The molecule has 228 valence electrons. The van der Waals surface area contributed by atoms with E-state index in [0.717, 1.165) is 12.8 Å². The maximum Gasteiger partial charge on any atom is 0.0597 e. The molecule has 1 N–H and O–H groups in total. The molecule has 0 fully saturated rings. The second kappa shape index (κ2) is 10.2. The first kappa shape index (κ1) is 29.6. The van der Waals surface area contributed by atoms with Crippen molar-refractivity contribution in [3.05, 3.63) is 148 Å². The van der Waals surface area contributed by atoms with Gasteiger partial charge in [-0.3, -0.25) is 0 Å². The van der Waals surface area contributed by atoms with Gasteiger partial charge < -0.3 is 5.32 Å². The van der Waals surface area contributed by atoms with Gasteiger partial charge in [0.2, 0.25) is 0 Å². The van der Waals surface area contributed by atoms with E-state index in [4.69, 9.17) is 0 Å². The highest BCUT2D eigenvalue weighted by Gasteiger charge is 2.42. The summed E-state index contributed by atoms with van der Waals surface area (Å²) in [5.41, 5.74) is 16.2. The van der Waals surface area contributed by atoms with Crippen molar-refractivity contribution >= 4 is 5.69 Å². The first-order valence-electron chi connectivity index (χ1n) is 16.8. The molecule has 2 aliphatic carbocycles. The number of benzene rings is 5. The van der Waals surface area contributed by atoms with Crippen molar-refractivity contribution in [1.29, 1.82) is 0 Å². The van der Waals surface area contributed by atoms with Crippen molar-refractivity contribution < 1.29 is 0 Å². The third-order valence-corrected chi connectivity index (χ3v) is 11.3. The van der Waals surface area contributed by atoms with E-state index in [-0.39, 0.29) is 21.8 Å². The first-order chi connectivity index (χ1) is 21.4. The largest absolute Gasteiger partial charge is 0.376 e. The molecule has 1 nitrogen and oxygen atoms in total. The lowest BCUT2D eigenvalue weighted by Crippen LogP contribution is -2.32. The number of anilines is 1. The van der Waals surface area contributed by atoms with Gasteiger partial charge in [0.25, 0.3) is 0 Å². The molecular formula is C44H47N. The summed E-state index contributed by atoms with van der Waals surface area (Å²) in [6.07, 6.45) is 2.15. The molecule has 5 aromatic carbocycles. The summed E-state index contributed by atoms with van der Waals surface area (Å²) in [5.74, 6) is 0. The Balaban J connectivity index is 1.24. The molecule has 0 spiro atoms. The molecule has 2 aliphatic rings. The van der Waals surface area contributed by atoms with Crippen LogP contribution in [0.3, 0.4) is 0 Å². The SMILES string of the molecule is CCCC(C)(Nc1ccc(C(C)(C)c2ccccc2)cc1)c1ccc2c(c1)C(C)(C)c1cc3c(cc1-2)C(C)(C)c1ccccc1-3. The Morgan fingerprint density at radius 3 is 1.67 bits per heavy atom. The van der Waals surface area contributed by atoms with Gasteiger partial charge in [-0.05, 0) is 98.8 Å². The molecule has 0 bridgehead atoms. The van der Waals surface area contributed by atoms with Crippen LogP contribution in [0, 0.1) is 0 Å². The Morgan fingerprint density at radius 2 is 1.02 bits per heavy atom. The number of nitrogens with one attached hydrogen (secondary N) is 1. The summed E-state index contributed by atoms with van der Waals surface area (Å²) in [6.45, 7) is 18.9. The summed E-state index contributed by atoms with van der Waals surface area (Å²) >= 11 is 0. The van der Waals surface area contributed by atoms with Crippen molar-refractivity contribution in [1.82, 2.24) is 0 Å². The molecule has 0 amide bonds. The summed E-state index contributed by atoms with van der Waals surface area (Å²) in [6, 6.07) is 41.2. The molecule has 0 heterocycles. The van der Waals surface area contributed by atoms with Crippen molar-refractivity contribution in [2.75, 3.05) is 5.32 Å². The molecule has 7 rings (SSSR count). The number of hydrogen-bond acceptors (Lipinski definition) is 1. The average Bonchev–Trinajstić information content (AvgIpc) is 3.40. The molecule has 45 heavy (non-hydrogen) atoms. The van der Waals surface area contributed by atoms with Crippen LogP contribution in [-0.4, -0.2) is 0 Å². The zero-order chi connectivity index (χ0) is 31.8. The highest BCUT2D eigenvalue weighted by molar-refractivity contribution is 5.89. The fraction of sp³-hybridized carbons (Fsp3) is 0.318. The van der Waals surface area contributed by atoms with E-state index in [1.54, 1.807) is 0 Å². The minimum atomic E-state index is -0.187. The summed E-state index contributed by atoms with van der Waals surface area (Å²) < 4.78 is 0. The number of fused-ring (bicyclic) bond motifs is 6. The van der Waals surface area contributed by atoms with E-state index in [0.29, 0.717) is 0 Å². The van der Waals surface area contributed by atoms with Crippen LogP contribution in [0.5, 0.6) is 0 Å². The van der Waals surface area contributed by atoms with Crippen LogP contribution in [-0.2, 0) is 21.8 Å². The molecule has 5 aromatic rings. The Kier molecular flexibility index (Phi) is 6.72. The molecule has 1 unspecified atom stereocenters. The van der Waals surface area contributed by atoms with Gasteiger partial charge in [0.05, 0.1) is 5.54 Å². The maximum absolute atomic E-state index is 3.99. The predicted molar refractivity (Wildman–Crippen MR) is 192 cm³/mol. The summed E-state index contributed by atoms with van der Waals surface area (Å²) in [7, 11) is 0. The van der Waals surface area contributed by atoms with Gasteiger partial charge in [-0.15, -0.1) is 0 Å². The van der Waals surface area contributed by atoms with Crippen LogP contribution in [0.2, 0.25) is 0 Å². The fourth-order valence-corrected chi connectivity index (χ4v) is 8.36. The van der Waals surface area contributed by atoms with E-state index < -0.39 is 0 Å². The molecule has 1 atom stereocenters. The molecule has 0 saturated carbocycles. The highest BCUT2D eigenvalue weighted by atomic mass is 15.0. The maximum atomic E-state index is 3.99. The van der Waals surface area contributed by atoms with Crippen molar-refractivity contribution in [3.63, 3.8) is 0 Å². The minimum absolute atomic E-state index is 0.00324. The zero-order valence-corrected chi connectivity index (χ0v) is 28.3. The molecule has 0 aliphatic heterocycles. The Morgan fingerprint density at radius 1 is 0.511 bits per heavy atom. The summed E-state index contributed by atoms with van der Waals surface area (Å²) in [5, 5.41) is 3.99. The monoisotopic (exact) mass is 589 g/mol. The topological polar surface area (TPSA) is 12.0 Å². The van der Waals surface area contributed by atoms with Crippen LogP contribution in [0.4, 0.5) is 5.69 Å². The van der Waals surface area contributed by atoms with Crippen molar-refractivity contribution in [2.24, 2.45) is 0 Å². The Bertz CT molecular complexity index is 1910. The van der Waals surface area contributed by atoms with Gasteiger partial charge in [0.1, 0.15) is 0 Å². The van der Waals surface area contributed by atoms with Gasteiger partial charge >= 0.3 is 0 Å². The van der Waals surface area contributed by atoms with Crippen LogP contribution in [0.25, 0.3) is 22.3 Å². The van der Waals surface area contributed by atoms with Gasteiger partial charge in [-0.2, -0.15) is 0 Å². The third kappa shape index (κ3) is 4.50. The highest BCUT2D eigenvalue weighted by Crippen LogP contribution is 2.56. The van der Waals surface area contributed by atoms with Crippen molar-refractivity contribution in [2.45, 2.75) is 90.0 Å². The van der Waals surface area contributed by atoms with E-state index in [2.05, 4.69) is 170 Å². The second-order valence-corrected chi connectivity index (χ2v) is 15.3. The fourth-order valence-electron chi connectivity index (χ4n) is 8.36. The quantitative estimate of drug-likeness (QED) is 0.199. The molecule has 0 aromatic heterocycles. The van der Waals surface area contributed by atoms with Gasteiger partial charge in [0.15, 0.2) is 0 Å². The standard InChI is InChI=1S/C44H47N/c1-9-25-44(8,45-32-22-19-30(20-23-32)41(2,3)29-15-11-10-12-16-29)31-21-24-34-36-28-39-35(27-40(36)43(6,7)38(34)26-31)33-17-13-14-18-37(33)42(39,4)5/h10-24,26-28,45H,9,25H2,1-8H3. The predicted octanol–water partition coefficient (Wildman–Crippen LogP) is 11.8. The van der Waals surface area contributed by atoms with Crippen molar-refractivity contribution in [3.8, 4) is 22.3 Å². The van der Waals surface area contributed by atoms with E-state index in [1.165, 1.54) is 66.9 Å². The average molecular weight is 590 g/mol. The lowest BCUT2D eigenvalue weighted by Gasteiger charge is -2.34. The lowest BCUT2D eigenvalue weighted by molar-refractivity contribution is 0.487. The van der Waals surface area contributed by atoms with Gasteiger partial charge in [-0.1, -0.05) is 140 Å². The zero-order valence-electron chi connectivity index (χ0n) is 28.3. The van der Waals surface area contributed by atoms with Gasteiger partial charge in [0, 0.05) is 21.9 Å². The summed E-state index contributed by atoms with van der Waals surface area (Å²) in [4.78, 5) is 0. The van der Waals surface area contributed by atoms with E-state index in [1.807, 2.05) is 0 Å². The van der Waals surface area contributed by atoms with Crippen LogP contribution >= 0.6 is 0 Å². The smallest absolute Gasteiger partial charge is 0.0597 e. The van der Waals surface area contributed by atoms with E-state index in [9.17, 15) is 0 Å². The minimum Gasteiger partial charge on any atom is -0.376 e. The van der Waals surface area contributed by atoms with Crippen LogP contribution in [0.15, 0.2) is 109 Å². The molecular weight excluding hydrogens is 542 g/mol. The Labute approximate surface area is 270 Å². The lowest BCUT2D eigenvalue weighted by atomic mass is 9.77. The third-order valence-electron chi connectivity index (χ3n) is 11.3. The molecule has 0 saturated heterocycles. The number of hydrogen-bond donors (Lipinski definition) is 1. The second-order valence-electron chi connectivity index (χ2n) is 15.3. The van der Waals surface area contributed by atoms with Crippen LogP contribution in [0.1, 0.15) is 107 Å². The first-order valence-corrected chi connectivity index (χ1v) is 16.8. The van der Waals surface area contributed by atoms with Gasteiger partial charge in [-0.25, -0.2) is 0 Å². The number of rotatable bonds is 7. The normalized spacial score (nSPS) is 16.7. The Hall–Kier alpha value is -4.10. The van der Waals surface area contributed by atoms with E-state index >= 15 is 0 Å². The molecule has 0 radical (unpaired) electrons. The van der Waals surface area contributed by atoms with Crippen LogP contribution < -0.4 is 5.32 Å². The molecule has 1 heteroatoms.